The Hall–Kier alpha value is -2.27. The van der Waals surface area contributed by atoms with Crippen molar-refractivity contribution >= 4 is 32.8 Å². The van der Waals surface area contributed by atoms with Gasteiger partial charge in [0.2, 0.25) is 0 Å². The van der Waals surface area contributed by atoms with Crippen LogP contribution >= 0.6 is 15.9 Å². The van der Waals surface area contributed by atoms with Gasteiger partial charge in [-0.1, -0.05) is 30.3 Å². The fraction of sp³-hybridized carbons (Fsp3) is 0.0625. The number of rotatable bonds is 4. The number of carboxylic acids is 1. The first-order chi connectivity index (χ1) is 10.1. The van der Waals surface area contributed by atoms with Crippen LogP contribution in [-0.2, 0) is 6.61 Å². The van der Waals surface area contributed by atoms with Crippen LogP contribution in [-0.4, -0.2) is 16.1 Å². The van der Waals surface area contributed by atoms with E-state index in [0.717, 1.165) is 20.9 Å². The lowest BCUT2D eigenvalue weighted by Gasteiger charge is -2.08. The number of ether oxygens (including phenoxy) is 1. The third-order valence-corrected chi connectivity index (χ3v) is 3.83. The number of carboxylic acid groups (broad SMARTS) is 1. The van der Waals surface area contributed by atoms with E-state index in [-0.39, 0.29) is 5.69 Å². The minimum absolute atomic E-state index is 0.140. The molecule has 106 valence electrons. The number of H-pyrrole nitrogens is 1. The summed E-state index contributed by atoms with van der Waals surface area (Å²) in [4.78, 5) is 14.0. The van der Waals surface area contributed by atoms with E-state index in [4.69, 9.17) is 9.84 Å². The van der Waals surface area contributed by atoms with Crippen molar-refractivity contribution in [1.29, 1.82) is 0 Å². The highest BCUT2D eigenvalue weighted by atomic mass is 79.9. The molecule has 1 heterocycles. The summed E-state index contributed by atoms with van der Waals surface area (Å²) in [5.41, 5.74) is 1.92. The first-order valence-electron chi connectivity index (χ1n) is 6.36. The summed E-state index contributed by atoms with van der Waals surface area (Å²) in [5.74, 6) is -0.340. The summed E-state index contributed by atoms with van der Waals surface area (Å²) < 4.78 is 6.62. The molecular formula is C16H12BrNO3. The SMILES string of the molecule is O=C(O)c1cc2c(OCc3ccccc3)ccc(Br)c2[nH]1. The van der Waals surface area contributed by atoms with Crippen LogP contribution in [0.1, 0.15) is 16.1 Å². The van der Waals surface area contributed by atoms with Crippen molar-refractivity contribution in [2.45, 2.75) is 6.61 Å². The molecule has 0 saturated carbocycles. The molecule has 0 atom stereocenters. The molecule has 0 unspecified atom stereocenters. The molecule has 0 fully saturated rings. The highest BCUT2D eigenvalue weighted by molar-refractivity contribution is 9.10. The summed E-state index contributed by atoms with van der Waals surface area (Å²) in [6.07, 6.45) is 0. The number of hydrogen-bond donors (Lipinski definition) is 2. The molecule has 2 aromatic carbocycles. The molecular weight excluding hydrogens is 334 g/mol. The number of fused-ring (bicyclic) bond motifs is 1. The van der Waals surface area contributed by atoms with Crippen LogP contribution < -0.4 is 4.74 Å². The van der Waals surface area contributed by atoms with Gasteiger partial charge < -0.3 is 14.8 Å². The Morgan fingerprint density at radius 2 is 1.95 bits per heavy atom. The van der Waals surface area contributed by atoms with Crippen molar-refractivity contribution in [1.82, 2.24) is 4.98 Å². The molecule has 0 aliphatic carbocycles. The fourth-order valence-electron chi connectivity index (χ4n) is 2.14. The molecule has 0 bridgehead atoms. The lowest BCUT2D eigenvalue weighted by Crippen LogP contribution is -1.95. The number of halogens is 1. The molecule has 3 aromatic rings. The maximum atomic E-state index is 11.1. The van der Waals surface area contributed by atoms with Gasteiger partial charge in [0.15, 0.2) is 0 Å². The van der Waals surface area contributed by atoms with Crippen LogP contribution in [0.25, 0.3) is 10.9 Å². The smallest absolute Gasteiger partial charge is 0.352 e. The Kier molecular flexibility index (Phi) is 3.66. The molecule has 0 spiro atoms. The van der Waals surface area contributed by atoms with Crippen LogP contribution in [0.3, 0.4) is 0 Å². The third-order valence-electron chi connectivity index (χ3n) is 3.17. The predicted octanol–water partition coefficient (Wildman–Crippen LogP) is 4.21. The Morgan fingerprint density at radius 3 is 2.67 bits per heavy atom. The van der Waals surface area contributed by atoms with Crippen LogP contribution in [0.5, 0.6) is 5.75 Å². The van der Waals surface area contributed by atoms with Crippen molar-refractivity contribution < 1.29 is 14.6 Å². The highest BCUT2D eigenvalue weighted by Gasteiger charge is 2.13. The zero-order chi connectivity index (χ0) is 14.8. The van der Waals surface area contributed by atoms with Gasteiger partial charge in [-0.15, -0.1) is 0 Å². The Labute approximate surface area is 129 Å². The van der Waals surface area contributed by atoms with Crippen molar-refractivity contribution in [3.05, 3.63) is 64.3 Å². The largest absolute Gasteiger partial charge is 0.488 e. The molecule has 0 saturated heterocycles. The van der Waals surface area contributed by atoms with Crippen LogP contribution in [0.15, 0.2) is 53.0 Å². The molecule has 2 N–H and O–H groups in total. The highest BCUT2D eigenvalue weighted by Crippen LogP contribution is 2.32. The molecule has 1 aromatic heterocycles. The van der Waals surface area contributed by atoms with Gasteiger partial charge in [-0.2, -0.15) is 0 Å². The van der Waals surface area contributed by atoms with Gasteiger partial charge >= 0.3 is 5.97 Å². The van der Waals surface area contributed by atoms with E-state index < -0.39 is 5.97 Å². The minimum Gasteiger partial charge on any atom is -0.488 e. The van der Waals surface area contributed by atoms with Gasteiger partial charge in [0, 0.05) is 9.86 Å². The second kappa shape index (κ2) is 5.61. The standard InChI is InChI=1S/C16H12BrNO3/c17-12-6-7-14(21-9-10-4-2-1-3-5-10)11-8-13(16(19)20)18-15(11)12/h1-8,18H,9H2,(H,19,20). The number of nitrogens with one attached hydrogen (secondary N) is 1. The van der Waals surface area contributed by atoms with Crippen LogP contribution in [0.2, 0.25) is 0 Å². The quantitative estimate of drug-likeness (QED) is 0.744. The van der Waals surface area contributed by atoms with E-state index in [9.17, 15) is 4.79 Å². The van der Waals surface area contributed by atoms with E-state index in [0.29, 0.717) is 12.4 Å². The number of aromatic nitrogens is 1. The number of aromatic amines is 1. The molecule has 0 aliphatic heterocycles. The number of hydrogen-bond acceptors (Lipinski definition) is 2. The van der Waals surface area contributed by atoms with Crippen molar-refractivity contribution in [2.75, 3.05) is 0 Å². The first-order valence-corrected chi connectivity index (χ1v) is 7.15. The van der Waals surface area contributed by atoms with Gasteiger partial charge in [-0.25, -0.2) is 4.79 Å². The molecule has 0 amide bonds. The van der Waals surface area contributed by atoms with E-state index in [1.807, 2.05) is 42.5 Å². The Bertz CT molecular complexity index is 796. The average Bonchev–Trinajstić information content (AvgIpc) is 2.94. The topological polar surface area (TPSA) is 62.3 Å². The van der Waals surface area contributed by atoms with Crippen molar-refractivity contribution in [2.24, 2.45) is 0 Å². The van der Waals surface area contributed by atoms with E-state index >= 15 is 0 Å². The predicted molar refractivity (Wildman–Crippen MR) is 83.7 cm³/mol. The third kappa shape index (κ3) is 2.78. The van der Waals surface area contributed by atoms with Crippen molar-refractivity contribution in [3.63, 3.8) is 0 Å². The van der Waals surface area contributed by atoms with E-state index in [1.54, 1.807) is 6.07 Å². The molecule has 0 radical (unpaired) electrons. The molecule has 0 aliphatic rings. The lowest BCUT2D eigenvalue weighted by molar-refractivity contribution is 0.0691. The second-order valence-electron chi connectivity index (χ2n) is 4.60. The zero-order valence-corrected chi connectivity index (χ0v) is 12.6. The molecule has 3 rings (SSSR count). The van der Waals surface area contributed by atoms with Gasteiger partial charge in [-0.05, 0) is 39.7 Å². The van der Waals surface area contributed by atoms with Gasteiger partial charge in [-0.3, -0.25) is 0 Å². The maximum Gasteiger partial charge on any atom is 0.352 e. The lowest BCUT2D eigenvalue weighted by atomic mass is 10.2. The minimum atomic E-state index is -0.993. The molecule has 21 heavy (non-hydrogen) atoms. The Morgan fingerprint density at radius 1 is 1.19 bits per heavy atom. The van der Waals surface area contributed by atoms with Crippen LogP contribution in [0.4, 0.5) is 0 Å². The number of benzene rings is 2. The summed E-state index contributed by atoms with van der Waals surface area (Å²) in [5, 5.41) is 9.84. The van der Waals surface area contributed by atoms with E-state index in [2.05, 4.69) is 20.9 Å². The maximum absolute atomic E-state index is 11.1. The molecule has 4 nitrogen and oxygen atoms in total. The van der Waals surface area contributed by atoms with Crippen molar-refractivity contribution in [3.8, 4) is 5.75 Å². The van der Waals surface area contributed by atoms with Gasteiger partial charge in [0.05, 0.1) is 5.52 Å². The Balaban J connectivity index is 1.95. The summed E-state index contributed by atoms with van der Waals surface area (Å²) in [6.45, 7) is 0.436. The molecule has 5 heteroatoms. The number of carbonyl (C=O) groups is 1. The average molecular weight is 346 g/mol. The van der Waals surface area contributed by atoms with Crippen LogP contribution in [0, 0.1) is 0 Å². The summed E-state index contributed by atoms with van der Waals surface area (Å²) in [6, 6.07) is 15.1. The normalized spacial score (nSPS) is 10.7. The van der Waals surface area contributed by atoms with Gasteiger partial charge in [0.25, 0.3) is 0 Å². The van der Waals surface area contributed by atoms with Gasteiger partial charge in [0.1, 0.15) is 18.1 Å². The summed E-state index contributed by atoms with van der Waals surface area (Å²) in [7, 11) is 0. The fourth-order valence-corrected chi connectivity index (χ4v) is 2.58. The number of aromatic carboxylic acids is 1. The monoisotopic (exact) mass is 345 g/mol. The van der Waals surface area contributed by atoms with E-state index in [1.165, 1.54) is 0 Å². The zero-order valence-electron chi connectivity index (χ0n) is 11.0. The second-order valence-corrected chi connectivity index (χ2v) is 5.45. The summed E-state index contributed by atoms with van der Waals surface area (Å²) >= 11 is 3.41. The first kappa shape index (κ1) is 13.7.